The SMILES string of the molecule is COc1ccc2c(c1)[C@@](O)([C@H](C)/C=C/CC(=O)N(CCO)Cc1ccccc1)C(=O)N2c1ccccc1. The van der Waals surface area contributed by atoms with Crippen LogP contribution in [0.2, 0.25) is 0 Å². The van der Waals surface area contributed by atoms with Crippen molar-refractivity contribution in [3.05, 3.63) is 102 Å². The Morgan fingerprint density at radius 2 is 1.76 bits per heavy atom. The normalized spacial score (nSPS) is 17.6. The van der Waals surface area contributed by atoms with Crippen LogP contribution in [0.15, 0.2) is 91.0 Å². The van der Waals surface area contributed by atoms with Gasteiger partial charge in [-0.15, -0.1) is 0 Å². The number of anilines is 2. The Hall–Kier alpha value is -3.94. The van der Waals surface area contributed by atoms with Gasteiger partial charge in [-0.3, -0.25) is 14.5 Å². The molecule has 7 heteroatoms. The molecule has 0 spiro atoms. The third kappa shape index (κ3) is 5.28. The topological polar surface area (TPSA) is 90.3 Å². The predicted molar refractivity (Wildman–Crippen MR) is 142 cm³/mol. The highest BCUT2D eigenvalue weighted by Gasteiger charge is 2.53. The number of para-hydroxylation sites is 1. The standard InChI is InChI=1S/C30H32N2O5/c1-22(10-9-15-28(34)31(18-19-33)21-23-11-5-3-6-12-23)30(36)26-20-25(37-2)16-17-27(26)32(29(30)35)24-13-7-4-8-14-24/h3-14,16-17,20,22,33,36H,15,18-19,21H2,1-2H3/b10-9+/t22-,30+/m1/s1. The van der Waals surface area contributed by atoms with Gasteiger partial charge in [0.25, 0.3) is 5.91 Å². The van der Waals surface area contributed by atoms with Crippen LogP contribution in [0.3, 0.4) is 0 Å². The first kappa shape index (κ1) is 26.1. The van der Waals surface area contributed by atoms with Crippen LogP contribution in [0.5, 0.6) is 5.75 Å². The molecule has 1 heterocycles. The first-order chi connectivity index (χ1) is 17.9. The second-order valence-electron chi connectivity index (χ2n) is 9.07. The number of ether oxygens (including phenoxy) is 1. The van der Waals surface area contributed by atoms with Gasteiger partial charge < -0.3 is 19.8 Å². The molecular formula is C30H32N2O5. The summed E-state index contributed by atoms with van der Waals surface area (Å²) in [7, 11) is 1.54. The zero-order chi connectivity index (χ0) is 26.4. The van der Waals surface area contributed by atoms with Gasteiger partial charge in [-0.05, 0) is 35.9 Å². The molecule has 1 aliphatic heterocycles. The van der Waals surface area contributed by atoms with Gasteiger partial charge in [0.15, 0.2) is 5.60 Å². The number of methoxy groups -OCH3 is 1. The number of aliphatic hydroxyl groups is 2. The van der Waals surface area contributed by atoms with Gasteiger partial charge in [0.05, 0.1) is 19.4 Å². The number of hydrogen-bond donors (Lipinski definition) is 2. The Bertz CT molecular complexity index is 1260. The van der Waals surface area contributed by atoms with E-state index in [1.807, 2.05) is 60.7 Å². The summed E-state index contributed by atoms with van der Waals surface area (Å²) in [6, 6.07) is 24.0. The maximum Gasteiger partial charge on any atom is 0.268 e. The molecule has 3 aromatic rings. The van der Waals surface area contributed by atoms with E-state index in [2.05, 4.69) is 0 Å². The third-order valence-electron chi connectivity index (χ3n) is 6.71. The molecule has 3 aromatic carbocycles. The van der Waals surface area contributed by atoms with Crippen LogP contribution in [-0.4, -0.2) is 47.2 Å². The zero-order valence-corrected chi connectivity index (χ0v) is 21.1. The zero-order valence-electron chi connectivity index (χ0n) is 21.1. The largest absolute Gasteiger partial charge is 0.497 e. The average Bonchev–Trinajstić information content (AvgIpc) is 3.16. The molecule has 0 aromatic heterocycles. The Morgan fingerprint density at radius 1 is 1.08 bits per heavy atom. The quantitative estimate of drug-likeness (QED) is 0.408. The third-order valence-corrected chi connectivity index (χ3v) is 6.71. The van der Waals surface area contributed by atoms with E-state index in [-0.39, 0.29) is 25.5 Å². The van der Waals surface area contributed by atoms with Crippen molar-refractivity contribution >= 4 is 23.2 Å². The van der Waals surface area contributed by atoms with Crippen molar-refractivity contribution in [1.29, 1.82) is 0 Å². The lowest BCUT2D eigenvalue weighted by molar-refractivity contribution is -0.138. The molecule has 0 fully saturated rings. The second-order valence-corrected chi connectivity index (χ2v) is 9.07. The van der Waals surface area contributed by atoms with Crippen LogP contribution in [-0.2, 0) is 21.7 Å². The summed E-state index contributed by atoms with van der Waals surface area (Å²) >= 11 is 0. The summed E-state index contributed by atoms with van der Waals surface area (Å²) < 4.78 is 5.37. The number of carbonyl (C=O) groups excluding carboxylic acids is 2. The molecule has 192 valence electrons. The van der Waals surface area contributed by atoms with Crippen molar-refractivity contribution in [2.45, 2.75) is 25.5 Å². The number of amides is 2. The average molecular weight is 501 g/mol. The monoisotopic (exact) mass is 500 g/mol. The number of fused-ring (bicyclic) bond motifs is 1. The van der Waals surface area contributed by atoms with Crippen molar-refractivity contribution in [1.82, 2.24) is 4.90 Å². The van der Waals surface area contributed by atoms with Crippen molar-refractivity contribution in [2.24, 2.45) is 5.92 Å². The van der Waals surface area contributed by atoms with Crippen LogP contribution in [0, 0.1) is 5.92 Å². The van der Waals surface area contributed by atoms with Gasteiger partial charge in [0.2, 0.25) is 5.91 Å². The molecule has 2 atom stereocenters. The molecule has 2 N–H and O–H groups in total. The minimum Gasteiger partial charge on any atom is -0.497 e. The summed E-state index contributed by atoms with van der Waals surface area (Å²) in [6.45, 7) is 2.23. The van der Waals surface area contributed by atoms with Crippen LogP contribution < -0.4 is 9.64 Å². The van der Waals surface area contributed by atoms with Crippen molar-refractivity contribution < 1.29 is 24.5 Å². The van der Waals surface area contributed by atoms with Crippen LogP contribution in [0.1, 0.15) is 24.5 Å². The van der Waals surface area contributed by atoms with Crippen LogP contribution >= 0.6 is 0 Å². The minimum atomic E-state index is -1.84. The molecule has 7 nitrogen and oxygen atoms in total. The fraction of sp³-hybridized carbons (Fsp3) is 0.267. The van der Waals surface area contributed by atoms with Crippen molar-refractivity contribution in [3.63, 3.8) is 0 Å². The Kier molecular flexibility index (Phi) is 8.06. The van der Waals surface area contributed by atoms with Crippen LogP contribution in [0.4, 0.5) is 11.4 Å². The molecular weight excluding hydrogens is 468 g/mol. The maximum absolute atomic E-state index is 13.7. The van der Waals surface area contributed by atoms with E-state index in [0.29, 0.717) is 29.2 Å². The Balaban J connectivity index is 1.56. The number of carbonyl (C=O) groups is 2. The van der Waals surface area contributed by atoms with Gasteiger partial charge in [0, 0.05) is 36.7 Å². The molecule has 0 bridgehead atoms. The number of nitrogens with zero attached hydrogens (tertiary/aromatic N) is 2. The van der Waals surface area contributed by atoms with Gasteiger partial charge in [-0.2, -0.15) is 0 Å². The highest BCUT2D eigenvalue weighted by atomic mass is 16.5. The van der Waals surface area contributed by atoms with E-state index >= 15 is 0 Å². The summed E-state index contributed by atoms with van der Waals surface area (Å²) in [5.74, 6) is -0.713. The van der Waals surface area contributed by atoms with Crippen LogP contribution in [0.25, 0.3) is 0 Å². The second kappa shape index (κ2) is 11.4. The summed E-state index contributed by atoms with van der Waals surface area (Å²) in [5, 5.41) is 21.3. The summed E-state index contributed by atoms with van der Waals surface area (Å²) in [5.41, 5.74) is 0.831. The van der Waals surface area contributed by atoms with E-state index in [4.69, 9.17) is 4.74 Å². The summed E-state index contributed by atoms with van der Waals surface area (Å²) in [6.07, 6.45) is 3.46. The summed E-state index contributed by atoms with van der Waals surface area (Å²) in [4.78, 5) is 29.7. The number of benzene rings is 3. The van der Waals surface area contributed by atoms with E-state index in [0.717, 1.165) is 5.56 Å². The molecule has 0 radical (unpaired) electrons. The van der Waals surface area contributed by atoms with E-state index in [1.54, 1.807) is 42.2 Å². The molecule has 0 saturated heterocycles. The molecule has 0 aliphatic carbocycles. The van der Waals surface area contributed by atoms with E-state index < -0.39 is 17.4 Å². The Labute approximate surface area is 217 Å². The molecule has 37 heavy (non-hydrogen) atoms. The van der Waals surface area contributed by atoms with E-state index in [1.165, 1.54) is 12.0 Å². The highest BCUT2D eigenvalue weighted by molar-refractivity contribution is 6.12. The van der Waals surface area contributed by atoms with Gasteiger partial charge in [-0.1, -0.05) is 67.6 Å². The fourth-order valence-corrected chi connectivity index (χ4v) is 4.67. The first-order valence-corrected chi connectivity index (χ1v) is 12.3. The number of aliphatic hydroxyl groups excluding tert-OH is 1. The molecule has 1 aliphatic rings. The number of rotatable bonds is 10. The van der Waals surface area contributed by atoms with Gasteiger partial charge in [0.1, 0.15) is 5.75 Å². The smallest absolute Gasteiger partial charge is 0.268 e. The molecule has 2 amide bonds. The minimum absolute atomic E-state index is 0.0782. The predicted octanol–water partition coefficient (Wildman–Crippen LogP) is 4.16. The molecule has 0 saturated carbocycles. The Morgan fingerprint density at radius 3 is 2.41 bits per heavy atom. The van der Waals surface area contributed by atoms with Gasteiger partial charge >= 0.3 is 0 Å². The first-order valence-electron chi connectivity index (χ1n) is 12.3. The fourth-order valence-electron chi connectivity index (χ4n) is 4.67. The molecule has 4 rings (SSSR count). The van der Waals surface area contributed by atoms with Crippen molar-refractivity contribution in [2.75, 3.05) is 25.2 Å². The molecule has 0 unspecified atom stereocenters. The maximum atomic E-state index is 13.7. The lowest BCUT2D eigenvalue weighted by Gasteiger charge is -2.28. The lowest BCUT2D eigenvalue weighted by Crippen LogP contribution is -2.42. The lowest BCUT2D eigenvalue weighted by atomic mass is 9.83. The number of hydrogen-bond acceptors (Lipinski definition) is 5. The van der Waals surface area contributed by atoms with E-state index in [9.17, 15) is 19.8 Å². The van der Waals surface area contributed by atoms with Gasteiger partial charge in [-0.25, -0.2) is 0 Å². The van der Waals surface area contributed by atoms with Crippen molar-refractivity contribution in [3.8, 4) is 5.75 Å². The highest BCUT2D eigenvalue weighted by Crippen LogP contribution is 2.49.